The second kappa shape index (κ2) is 6.30. The number of aryl methyl sites for hydroxylation is 1. The van der Waals surface area contributed by atoms with Gasteiger partial charge in [-0.2, -0.15) is 0 Å². The molecule has 0 aliphatic heterocycles. The van der Waals surface area contributed by atoms with E-state index in [1.54, 1.807) is 19.2 Å². The Labute approximate surface area is 138 Å². The maximum atomic E-state index is 12.3. The predicted octanol–water partition coefficient (Wildman–Crippen LogP) is 3.45. The number of fused-ring (bicyclic) bond motifs is 1. The Morgan fingerprint density at radius 1 is 1.09 bits per heavy atom. The molecule has 2 aromatic carbocycles. The van der Waals surface area contributed by atoms with Gasteiger partial charge >= 0.3 is 0 Å². The number of ketones is 1. The van der Waals surface area contributed by atoms with Crippen molar-refractivity contribution in [2.45, 2.75) is 13.5 Å². The first-order valence-corrected chi connectivity index (χ1v) is 8.07. The van der Waals surface area contributed by atoms with Crippen molar-refractivity contribution < 1.29 is 9.59 Å². The van der Waals surface area contributed by atoms with Gasteiger partial charge in [0, 0.05) is 12.6 Å². The van der Waals surface area contributed by atoms with E-state index < -0.39 is 11.7 Å². The molecule has 0 saturated heterocycles. The molecule has 0 aliphatic rings. The fourth-order valence-corrected chi connectivity index (χ4v) is 3.28. The van der Waals surface area contributed by atoms with E-state index in [-0.39, 0.29) is 0 Å². The highest BCUT2D eigenvalue weighted by Crippen LogP contribution is 2.22. The van der Waals surface area contributed by atoms with E-state index in [0.29, 0.717) is 12.1 Å². The zero-order valence-electron chi connectivity index (χ0n) is 12.9. The molecule has 1 heterocycles. The Morgan fingerprint density at radius 3 is 2.48 bits per heavy atom. The average Bonchev–Trinajstić information content (AvgIpc) is 2.96. The maximum Gasteiger partial charge on any atom is 0.295 e. The fourth-order valence-electron chi connectivity index (χ4n) is 2.26. The molecule has 0 bridgehead atoms. The van der Waals surface area contributed by atoms with Gasteiger partial charge in [0.15, 0.2) is 0 Å². The third-order valence-corrected chi connectivity index (χ3v) is 4.59. The molecule has 3 aromatic rings. The van der Waals surface area contributed by atoms with E-state index in [1.807, 2.05) is 43.3 Å². The first kappa shape index (κ1) is 15.4. The Hall–Kier alpha value is -2.53. The molecule has 116 valence electrons. The van der Waals surface area contributed by atoms with E-state index in [1.165, 1.54) is 16.2 Å². The zero-order chi connectivity index (χ0) is 16.4. The summed E-state index contributed by atoms with van der Waals surface area (Å²) < 4.78 is 1.08. The number of carbonyl (C=O) groups is 2. The summed E-state index contributed by atoms with van der Waals surface area (Å²) in [6.07, 6.45) is 0. The van der Waals surface area contributed by atoms with Gasteiger partial charge in [0.25, 0.3) is 5.91 Å². The van der Waals surface area contributed by atoms with Gasteiger partial charge in [0.05, 0.1) is 16.8 Å². The van der Waals surface area contributed by atoms with Crippen LogP contribution in [0.1, 0.15) is 20.9 Å². The van der Waals surface area contributed by atoms with Crippen LogP contribution >= 0.6 is 11.3 Å². The van der Waals surface area contributed by atoms with Crippen molar-refractivity contribution in [3.05, 3.63) is 64.7 Å². The molecule has 0 saturated carbocycles. The third kappa shape index (κ3) is 3.29. The van der Waals surface area contributed by atoms with Gasteiger partial charge in [0.2, 0.25) is 5.78 Å². The van der Waals surface area contributed by atoms with Gasteiger partial charge in [-0.25, -0.2) is 4.98 Å². The standard InChI is InChI=1S/C18H16N2O2S/c1-12-7-9-13(10-8-12)17(21)18(22)20(2)11-16-19-14-5-3-4-6-15(14)23-16/h3-10H,11H2,1-2H3. The quantitative estimate of drug-likeness (QED) is 0.545. The van der Waals surface area contributed by atoms with E-state index >= 15 is 0 Å². The third-order valence-electron chi connectivity index (χ3n) is 3.57. The van der Waals surface area contributed by atoms with E-state index in [9.17, 15) is 9.59 Å². The Kier molecular flexibility index (Phi) is 4.21. The SMILES string of the molecule is Cc1ccc(C(=O)C(=O)N(C)Cc2nc3ccccc3s2)cc1. The number of thiazole rings is 1. The molecule has 23 heavy (non-hydrogen) atoms. The molecule has 1 aromatic heterocycles. The van der Waals surface area contributed by atoms with Gasteiger partial charge in [-0.15, -0.1) is 11.3 Å². The summed E-state index contributed by atoms with van der Waals surface area (Å²) in [4.78, 5) is 30.5. The summed E-state index contributed by atoms with van der Waals surface area (Å²) in [7, 11) is 1.63. The molecule has 0 fully saturated rings. The van der Waals surface area contributed by atoms with Crippen LogP contribution in [-0.4, -0.2) is 28.6 Å². The van der Waals surface area contributed by atoms with Crippen LogP contribution in [0.3, 0.4) is 0 Å². The average molecular weight is 324 g/mol. The summed E-state index contributed by atoms with van der Waals surface area (Å²) in [5.74, 6) is -1.01. The number of likely N-dealkylation sites (N-methyl/N-ethyl adjacent to an activating group) is 1. The monoisotopic (exact) mass is 324 g/mol. The number of rotatable bonds is 4. The molecular formula is C18H16N2O2S. The number of aromatic nitrogens is 1. The predicted molar refractivity (Wildman–Crippen MR) is 91.6 cm³/mol. The van der Waals surface area contributed by atoms with Crippen LogP contribution in [0, 0.1) is 6.92 Å². The van der Waals surface area contributed by atoms with Gasteiger partial charge in [-0.05, 0) is 19.1 Å². The smallest absolute Gasteiger partial charge is 0.295 e. The van der Waals surface area contributed by atoms with Gasteiger partial charge in [-0.1, -0.05) is 42.0 Å². The summed E-state index contributed by atoms with van der Waals surface area (Å²) in [5, 5.41) is 0.818. The molecule has 0 radical (unpaired) electrons. The number of Topliss-reactive ketones (excluding diaryl/α,β-unsaturated/α-hetero) is 1. The van der Waals surface area contributed by atoms with E-state index in [4.69, 9.17) is 0 Å². The molecule has 1 amide bonds. The second-order valence-corrected chi connectivity index (χ2v) is 6.55. The van der Waals surface area contributed by atoms with Gasteiger partial charge in [-0.3, -0.25) is 9.59 Å². The summed E-state index contributed by atoms with van der Waals surface area (Å²) in [5.41, 5.74) is 2.38. The van der Waals surface area contributed by atoms with Crippen LogP contribution in [0.2, 0.25) is 0 Å². The molecule has 5 heteroatoms. The normalized spacial score (nSPS) is 10.7. The number of hydrogen-bond acceptors (Lipinski definition) is 4. The number of hydrogen-bond donors (Lipinski definition) is 0. The highest BCUT2D eigenvalue weighted by atomic mass is 32.1. The minimum Gasteiger partial charge on any atom is -0.332 e. The Balaban J connectivity index is 1.74. The molecule has 0 spiro atoms. The lowest BCUT2D eigenvalue weighted by molar-refractivity contribution is -0.125. The summed E-state index contributed by atoms with van der Waals surface area (Å²) in [6, 6.07) is 14.8. The van der Waals surface area contributed by atoms with Crippen molar-refractivity contribution >= 4 is 33.2 Å². The van der Waals surface area contributed by atoms with E-state index in [2.05, 4.69) is 4.98 Å². The van der Waals surface area contributed by atoms with Crippen molar-refractivity contribution in [1.29, 1.82) is 0 Å². The topological polar surface area (TPSA) is 50.3 Å². The number of para-hydroxylation sites is 1. The van der Waals surface area contributed by atoms with Gasteiger partial charge in [0.1, 0.15) is 5.01 Å². The van der Waals surface area contributed by atoms with Crippen LogP contribution in [0.5, 0.6) is 0 Å². The highest BCUT2D eigenvalue weighted by molar-refractivity contribution is 7.18. The molecule has 0 aliphatic carbocycles. The Morgan fingerprint density at radius 2 is 1.78 bits per heavy atom. The van der Waals surface area contributed by atoms with Crippen molar-refractivity contribution in [2.75, 3.05) is 7.05 Å². The number of carbonyl (C=O) groups excluding carboxylic acids is 2. The zero-order valence-corrected chi connectivity index (χ0v) is 13.8. The highest BCUT2D eigenvalue weighted by Gasteiger charge is 2.21. The maximum absolute atomic E-state index is 12.3. The second-order valence-electron chi connectivity index (χ2n) is 5.43. The molecule has 0 unspecified atom stereocenters. The van der Waals surface area contributed by atoms with Crippen molar-refractivity contribution in [2.24, 2.45) is 0 Å². The van der Waals surface area contributed by atoms with Crippen LogP contribution in [0.15, 0.2) is 48.5 Å². The number of amides is 1. The lowest BCUT2D eigenvalue weighted by atomic mass is 10.1. The molecule has 0 atom stereocenters. The minimum atomic E-state index is -0.520. The lowest BCUT2D eigenvalue weighted by Crippen LogP contribution is -2.32. The van der Waals surface area contributed by atoms with Crippen LogP contribution in [0.25, 0.3) is 10.2 Å². The molecule has 4 nitrogen and oxygen atoms in total. The first-order chi connectivity index (χ1) is 11.0. The first-order valence-electron chi connectivity index (χ1n) is 7.25. The van der Waals surface area contributed by atoms with Crippen molar-refractivity contribution in [1.82, 2.24) is 9.88 Å². The summed E-state index contributed by atoms with van der Waals surface area (Å²) >= 11 is 1.54. The Bertz CT molecular complexity index is 835. The van der Waals surface area contributed by atoms with Crippen LogP contribution in [0.4, 0.5) is 0 Å². The van der Waals surface area contributed by atoms with Crippen molar-refractivity contribution in [3.8, 4) is 0 Å². The van der Waals surface area contributed by atoms with E-state index in [0.717, 1.165) is 20.8 Å². The largest absolute Gasteiger partial charge is 0.332 e. The van der Waals surface area contributed by atoms with Crippen molar-refractivity contribution in [3.63, 3.8) is 0 Å². The summed E-state index contributed by atoms with van der Waals surface area (Å²) in [6.45, 7) is 2.27. The molecule has 0 N–H and O–H groups in total. The molecular weight excluding hydrogens is 308 g/mol. The van der Waals surface area contributed by atoms with Crippen LogP contribution in [-0.2, 0) is 11.3 Å². The molecule has 3 rings (SSSR count). The lowest BCUT2D eigenvalue weighted by Gasteiger charge is -2.14. The fraction of sp³-hybridized carbons (Fsp3) is 0.167. The van der Waals surface area contributed by atoms with Gasteiger partial charge < -0.3 is 4.90 Å². The number of nitrogens with zero attached hydrogens (tertiary/aromatic N) is 2. The minimum absolute atomic E-state index is 0.329. The number of benzene rings is 2. The van der Waals surface area contributed by atoms with Crippen LogP contribution < -0.4 is 0 Å².